The van der Waals surface area contributed by atoms with Gasteiger partial charge in [0.1, 0.15) is 11.4 Å². The van der Waals surface area contributed by atoms with Gasteiger partial charge in [0.25, 0.3) is 0 Å². The van der Waals surface area contributed by atoms with Crippen molar-refractivity contribution >= 4 is 11.8 Å². The van der Waals surface area contributed by atoms with Gasteiger partial charge in [-0.25, -0.2) is 4.79 Å². The number of rotatable bonds is 3. The number of H-pyrrole nitrogens is 1. The Morgan fingerprint density at radius 2 is 1.86 bits per heavy atom. The molecular weight excluding hydrogens is 264 g/mol. The second kappa shape index (κ2) is 5.64. The lowest BCUT2D eigenvalue weighted by molar-refractivity contribution is 0.0528. The van der Waals surface area contributed by atoms with Crippen molar-refractivity contribution in [3.05, 3.63) is 41.5 Å². The van der Waals surface area contributed by atoms with Crippen LogP contribution in [0.5, 0.6) is 0 Å². The van der Waals surface area contributed by atoms with Crippen molar-refractivity contribution in [1.82, 2.24) is 4.98 Å². The molecule has 21 heavy (non-hydrogen) atoms. The molecule has 0 aliphatic heterocycles. The number of ether oxygens (including phenoxy) is 1. The first kappa shape index (κ1) is 15.2. The highest BCUT2D eigenvalue weighted by atomic mass is 16.5. The van der Waals surface area contributed by atoms with Gasteiger partial charge in [-0.05, 0) is 29.5 Å². The number of anilines is 1. The first-order valence-corrected chi connectivity index (χ1v) is 7.09. The number of carbonyl (C=O) groups excluding carboxylic acids is 1. The normalized spacial score (nSPS) is 11.4. The zero-order chi connectivity index (χ0) is 15.6. The fraction of sp³-hybridized carbons (Fsp3) is 0.353. The van der Waals surface area contributed by atoms with Crippen LogP contribution >= 0.6 is 0 Å². The minimum Gasteiger partial charge on any atom is -0.462 e. The molecule has 112 valence electrons. The number of benzene rings is 1. The molecule has 0 unspecified atom stereocenters. The van der Waals surface area contributed by atoms with Crippen LogP contribution in [0.3, 0.4) is 0 Å². The van der Waals surface area contributed by atoms with Crippen LogP contribution in [0.1, 0.15) is 43.6 Å². The summed E-state index contributed by atoms with van der Waals surface area (Å²) in [7, 11) is 0. The second-order valence-electron chi connectivity index (χ2n) is 6.06. The van der Waals surface area contributed by atoms with Gasteiger partial charge < -0.3 is 15.5 Å². The Morgan fingerprint density at radius 3 is 2.38 bits per heavy atom. The third kappa shape index (κ3) is 3.27. The van der Waals surface area contributed by atoms with Crippen LogP contribution < -0.4 is 5.73 Å². The highest BCUT2D eigenvalue weighted by Gasteiger charge is 2.16. The first-order chi connectivity index (χ1) is 9.82. The number of carbonyl (C=O) groups is 1. The summed E-state index contributed by atoms with van der Waals surface area (Å²) in [5, 5.41) is 0. The summed E-state index contributed by atoms with van der Waals surface area (Å²) in [6, 6.07) is 9.98. The van der Waals surface area contributed by atoms with Crippen molar-refractivity contribution in [3.8, 4) is 11.3 Å². The molecule has 1 aromatic heterocycles. The second-order valence-corrected chi connectivity index (χ2v) is 6.06. The predicted molar refractivity (Wildman–Crippen MR) is 85.3 cm³/mol. The number of hydrogen-bond acceptors (Lipinski definition) is 3. The molecule has 4 nitrogen and oxygen atoms in total. The summed E-state index contributed by atoms with van der Waals surface area (Å²) in [4.78, 5) is 14.8. The van der Waals surface area contributed by atoms with Gasteiger partial charge in [0.2, 0.25) is 0 Å². The van der Waals surface area contributed by atoms with Crippen molar-refractivity contribution in [2.75, 3.05) is 12.3 Å². The fourth-order valence-electron chi connectivity index (χ4n) is 2.15. The van der Waals surface area contributed by atoms with E-state index < -0.39 is 5.97 Å². The number of esters is 1. The van der Waals surface area contributed by atoms with Crippen LogP contribution in [0, 0.1) is 0 Å². The maximum atomic E-state index is 11.8. The summed E-state index contributed by atoms with van der Waals surface area (Å²) in [6.07, 6.45) is 0. The van der Waals surface area contributed by atoms with Gasteiger partial charge in [-0.1, -0.05) is 45.0 Å². The Morgan fingerprint density at radius 1 is 1.24 bits per heavy atom. The largest absolute Gasteiger partial charge is 0.462 e. The van der Waals surface area contributed by atoms with E-state index in [0.29, 0.717) is 18.0 Å². The van der Waals surface area contributed by atoms with Gasteiger partial charge in [0, 0.05) is 5.69 Å². The Hall–Kier alpha value is -2.23. The van der Waals surface area contributed by atoms with Gasteiger partial charge >= 0.3 is 5.97 Å². The molecule has 0 aliphatic rings. The smallest absolute Gasteiger partial charge is 0.341 e. The van der Waals surface area contributed by atoms with Gasteiger partial charge in [0.15, 0.2) is 0 Å². The zero-order valence-corrected chi connectivity index (χ0v) is 13.0. The molecule has 0 spiro atoms. The highest BCUT2D eigenvalue weighted by molar-refractivity contribution is 5.96. The molecule has 4 heteroatoms. The van der Waals surface area contributed by atoms with E-state index in [1.54, 1.807) is 13.0 Å². The van der Waals surface area contributed by atoms with Gasteiger partial charge in [-0.3, -0.25) is 0 Å². The number of nitrogens with one attached hydrogen (secondary N) is 1. The molecule has 0 amide bonds. The topological polar surface area (TPSA) is 68.1 Å². The summed E-state index contributed by atoms with van der Waals surface area (Å²) < 4.78 is 4.98. The van der Waals surface area contributed by atoms with Crippen molar-refractivity contribution in [1.29, 1.82) is 0 Å². The molecule has 0 atom stereocenters. The van der Waals surface area contributed by atoms with Crippen LogP contribution in [-0.4, -0.2) is 17.6 Å². The Bertz CT molecular complexity index is 634. The first-order valence-electron chi connectivity index (χ1n) is 7.09. The van der Waals surface area contributed by atoms with Crippen molar-refractivity contribution < 1.29 is 9.53 Å². The third-order valence-electron chi connectivity index (χ3n) is 3.41. The third-order valence-corrected chi connectivity index (χ3v) is 3.41. The number of aromatic nitrogens is 1. The van der Waals surface area contributed by atoms with E-state index in [4.69, 9.17) is 10.5 Å². The summed E-state index contributed by atoms with van der Waals surface area (Å²) in [6.45, 7) is 8.63. The van der Waals surface area contributed by atoms with Crippen LogP contribution in [0.25, 0.3) is 11.3 Å². The minimum absolute atomic E-state index is 0.114. The average Bonchev–Trinajstić information content (AvgIpc) is 2.80. The lowest BCUT2D eigenvalue weighted by atomic mass is 9.86. The lowest BCUT2D eigenvalue weighted by Crippen LogP contribution is -2.10. The number of nitrogen functional groups attached to an aromatic ring is 1. The van der Waals surface area contributed by atoms with E-state index in [2.05, 4.69) is 37.9 Å². The van der Waals surface area contributed by atoms with E-state index in [1.165, 1.54) is 5.56 Å². The maximum Gasteiger partial charge on any atom is 0.341 e. The summed E-state index contributed by atoms with van der Waals surface area (Å²) >= 11 is 0. The molecule has 0 saturated carbocycles. The van der Waals surface area contributed by atoms with Gasteiger partial charge in [-0.15, -0.1) is 0 Å². The monoisotopic (exact) mass is 286 g/mol. The Kier molecular flexibility index (Phi) is 4.07. The van der Waals surface area contributed by atoms with Crippen molar-refractivity contribution in [3.63, 3.8) is 0 Å². The van der Waals surface area contributed by atoms with Crippen LogP contribution in [0.15, 0.2) is 30.3 Å². The minimum atomic E-state index is -0.399. The van der Waals surface area contributed by atoms with E-state index in [9.17, 15) is 4.79 Å². The van der Waals surface area contributed by atoms with E-state index in [1.807, 2.05) is 12.1 Å². The average molecular weight is 286 g/mol. The standard InChI is InChI=1S/C17H22N2O2/c1-5-21-16(20)13-10-14(19-15(13)18)11-6-8-12(9-7-11)17(2,3)4/h6-10,19H,5,18H2,1-4H3. The van der Waals surface area contributed by atoms with Crippen LogP contribution in [0.2, 0.25) is 0 Å². The van der Waals surface area contributed by atoms with Crippen molar-refractivity contribution in [2.45, 2.75) is 33.1 Å². The van der Waals surface area contributed by atoms with E-state index >= 15 is 0 Å². The summed E-state index contributed by atoms with van der Waals surface area (Å²) in [5.41, 5.74) is 9.42. The highest BCUT2D eigenvalue weighted by Crippen LogP contribution is 2.27. The van der Waals surface area contributed by atoms with Crippen LogP contribution in [0.4, 0.5) is 5.82 Å². The fourth-order valence-corrected chi connectivity index (χ4v) is 2.15. The Labute approximate surface area is 125 Å². The molecule has 0 saturated heterocycles. The van der Waals surface area contributed by atoms with Crippen molar-refractivity contribution in [2.24, 2.45) is 0 Å². The molecule has 1 heterocycles. The molecule has 3 N–H and O–H groups in total. The van der Waals surface area contributed by atoms with Crippen LogP contribution in [-0.2, 0) is 10.2 Å². The molecule has 0 bridgehead atoms. The number of hydrogen-bond donors (Lipinski definition) is 2. The molecule has 0 radical (unpaired) electrons. The van der Waals surface area contributed by atoms with Gasteiger partial charge in [-0.2, -0.15) is 0 Å². The van der Waals surface area contributed by atoms with E-state index in [0.717, 1.165) is 11.3 Å². The van der Waals surface area contributed by atoms with E-state index in [-0.39, 0.29) is 5.41 Å². The number of aromatic amines is 1. The zero-order valence-electron chi connectivity index (χ0n) is 13.0. The Balaban J connectivity index is 2.31. The molecule has 1 aromatic carbocycles. The lowest BCUT2D eigenvalue weighted by Gasteiger charge is -2.19. The molecular formula is C17H22N2O2. The number of nitrogens with two attached hydrogens (primary N) is 1. The maximum absolute atomic E-state index is 11.8. The molecule has 2 aromatic rings. The predicted octanol–water partition coefficient (Wildman–Crippen LogP) is 3.74. The molecule has 2 rings (SSSR count). The van der Waals surface area contributed by atoms with Gasteiger partial charge in [0.05, 0.1) is 6.61 Å². The molecule has 0 fully saturated rings. The SMILES string of the molecule is CCOC(=O)c1cc(-c2ccc(C(C)(C)C)cc2)[nH]c1N. The summed E-state index contributed by atoms with van der Waals surface area (Å²) in [5.74, 6) is -0.0628. The quantitative estimate of drug-likeness (QED) is 0.845. The molecule has 0 aliphatic carbocycles.